The van der Waals surface area contributed by atoms with E-state index in [1.807, 2.05) is 17.9 Å². The summed E-state index contributed by atoms with van der Waals surface area (Å²) in [5, 5.41) is 0. The van der Waals surface area contributed by atoms with E-state index in [0.717, 1.165) is 25.1 Å². The van der Waals surface area contributed by atoms with Crippen LogP contribution in [0.15, 0.2) is 24.3 Å². The second-order valence-electron chi connectivity index (χ2n) is 5.30. The standard InChI is InChI=1S/C16H22FNO/c1-2-18(15-10-6-9-14(17)11-15)12-16(19)13-7-4-3-5-8-13/h6,9-11,13H,2-5,7-8,12H2,1H3. The number of likely N-dealkylation sites (N-methyl/N-ethyl adjacent to an activating group) is 1. The summed E-state index contributed by atoms with van der Waals surface area (Å²) in [4.78, 5) is 14.2. The van der Waals surface area contributed by atoms with E-state index in [9.17, 15) is 9.18 Å². The summed E-state index contributed by atoms with van der Waals surface area (Å²) < 4.78 is 13.2. The lowest BCUT2D eigenvalue weighted by Crippen LogP contribution is -2.34. The molecule has 0 N–H and O–H groups in total. The maximum atomic E-state index is 13.2. The molecule has 1 aromatic carbocycles. The van der Waals surface area contributed by atoms with Gasteiger partial charge in [-0.15, -0.1) is 0 Å². The Morgan fingerprint density at radius 3 is 2.68 bits per heavy atom. The third-order valence-electron chi connectivity index (χ3n) is 3.96. The Hall–Kier alpha value is -1.38. The summed E-state index contributed by atoms with van der Waals surface area (Å²) in [7, 11) is 0. The fraction of sp³-hybridized carbons (Fsp3) is 0.562. The van der Waals surface area contributed by atoms with Gasteiger partial charge in [0.05, 0.1) is 6.54 Å². The number of hydrogen-bond donors (Lipinski definition) is 0. The van der Waals surface area contributed by atoms with Crippen LogP contribution >= 0.6 is 0 Å². The molecule has 2 nitrogen and oxygen atoms in total. The third kappa shape index (κ3) is 3.79. The van der Waals surface area contributed by atoms with Gasteiger partial charge in [0.25, 0.3) is 0 Å². The predicted octanol–water partition coefficient (Wildman–Crippen LogP) is 3.80. The molecule has 19 heavy (non-hydrogen) atoms. The fourth-order valence-corrected chi connectivity index (χ4v) is 2.80. The first kappa shape index (κ1) is 14.0. The minimum atomic E-state index is -0.249. The molecule has 1 aliphatic carbocycles. The Labute approximate surface area is 114 Å². The van der Waals surface area contributed by atoms with Crippen LogP contribution in [0.5, 0.6) is 0 Å². The maximum Gasteiger partial charge on any atom is 0.155 e. The van der Waals surface area contributed by atoms with Gasteiger partial charge in [0.1, 0.15) is 5.82 Å². The molecule has 1 fully saturated rings. The van der Waals surface area contributed by atoms with Gasteiger partial charge in [-0.3, -0.25) is 4.79 Å². The maximum absolute atomic E-state index is 13.2. The van der Waals surface area contributed by atoms with Gasteiger partial charge in [0, 0.05) is 18.2 Å². The van der Waals surface area contributed by atoms with Crippen molar-refractivity contribution in [1.82, 2.24) is 0 Å². The Bertz CT molecular complexity index is 427. The van der Waals surface area contributed by atoms with Crippen molar-refractivity contribution in [2.24, 2.45) is 5.92 Å². The lowest BCUT2D eigenvalue weighted by atomic mass is 9.86. The molecule has 0 radical (unpaired) electrons. The van der Waals surface area contributed by atoms with E-state index < -0.39 is 0 Å². The van der Waals surface area contributed by atoms with Crippen LogP contribution in [0.4, 0.5) is 10.1 Å². The molecule has 0 saturated heterocycles. The number of ketones is 1. The molecule has 1 saturated carbocycles. The zero-order chi connectivity index (χ0) is 13.7. The number of carbonyl (C=O) groups is 1. The summed E-state index contributed by atoms with van der Waals surface area (Å²) in [6.45, 7) is 3.13. The van der Waals surface area contributed by atoms with Crippen molar-refractivity contribution in [3.63, 3.8) is 0 Å². The van der Waals surface area contributed by atoms with E-state index in [4.69, 9.17) is 0 Å². The number of benzene rings is 1. The Kier molecular flexibility index (Phi) is 4.94. The topological polar surface area (TPSA) is 20.3 Å². The minimum Gasteiger partial charge on any atom is -0.364 e. The molecule has 0 heterocycles. The molecule has 0 bridgehead atoms. The molecular weight excluding hydrogens is 241 g/mol. The molecular formula is C16H22FNO. The number of halogens is 1. The summed E-state index contributed by atoms with van der Waals surface area (Å²) in [6.07, 6.45) is 5.65. The minimum absolute atomic E-state index is 0.219. The fourth-order valence-electron chi connectivity index (χ4n) is 2.80. The molecule has 0 unspecified atom stereocenters. The summed E-state index contributed by atoms with van der Waals surface area (Å²) in [6, 6.07) is 6.48. The number of Topliss-reactive ketones (excluding diaryl/α,β-unsaturated/α-hetero) is 1. The third-order valence-corrected chi connectivity index (χ3v) is 3.96. The van der Waals surface area contributed by atoms with Gasteiger partial charge in [0.2, 0.25) is 0 Å². The van der Waals surface area contributed by atoms with Crippen molar-refractivity contribution in [2.75, 3.05) is 18.0 Å². The molecule has 3 heteroatoms. The second-order valence-corrected chi connectivity index (χ2v) is 5.30. The summed E-state index contributed by atoms with van der Waals surface area (Å²) in [5.41, 5.74) is 0.798. The molecule has 0 atom stereocenters. The van der Waals surface area contributed by atoms with Gasteiger partial charge < -0.3 is 4.90 Å². The number of nitrogens with zero attached hydrogens (tertiary/aromatic N) is 1. The number of rotatable bonds is 5. The molecule has 0 aromatic heterocycles. The van der Waals surface area contributed by atoms with Gasteiger partial charge in [-0.25, -0.2) is 4.39 Å². The van der Waals surface area contributed by atoms with Crippen molar-refractivity contribution >= 4 is 11.5 Å². The zero-order valence-corrected chi connectivity index (χ0v) is 11.6. The number of hydrogen-bond acceptors (Lipinski definition) is 2. The smallest absolute Gasteiger partial charge is 0.155 e. The first-order valence-electron chi connectivity index (χ1n) is 7.24. The van der Waals surface area contributed by atoms with Crippen molar-refractivity contribution < 1.29 is 9.18 Å². The van der Waals surface area contributed by atoms with Crippen LogP contribution in [0.1, 0.15) is 39.0 Å². The normalized spacial score (nSPS) is 16.3. The SMILES string of the molecule is CCN(CC(=O)C1CCCCC1)c1cccc(F)c1. The summed E-state index contributed by atoms with van der Waals surface area (Å²) >= 11 is 0. The van der Waals surface area contributed by atoms with E-state index in [-0.39, 0.29) is 11.7 Å². The lowest BCUT2D eigenvalue weighted by Gasteiger charge is -2.26. The van der Waals surface area contributed by atoms with Crippen LogP contribution in [0.3, 0.4) is 0 Å². The van der Waals surface area contributed by atoms with Crippen LogP contribution in [0.2, 0.25) is 0 Å². The van der Waals surface area contributed by atoms with Crippen LogP contribution in [-0.4, -0.2) is 18.9 Å². The van der Waals surface area contributed by atoms with Gasteiger partial charge in [0.15, 0.2) is 5.78 Å². The highest BCUT2D eigenvalue weighted by Gasteiger charge is 2.22. The van der Waals surface area contributed by atoms with E-state index in [1.54, 1.807) is 6.07 Å². The molecule has 104 valence electrons. The molecule has 2 rings (SSSR count). The van der Waals surface area contributed by atoms with Gasteiger partial charge in [-0.1, -0.05) is 25.3 Å². The van der Waals surface area contributed by atoms with E-state index in [1.165, 1.54) is 31.4 Å². The Morgan fingerprint density at radius 1 is 1.32 bits per heavy atom. The first-order chi connectivity index (χ1) is 9.20. The van der Waals surface area contributed by atoms with Gasteiger partial charge in [-0.05, 0) is 38.0 Å². The van der Waals surface area contributed by atoms with Gasteiger partial charge >= 0.3 is 0 Å². The summed E-state index contributed by atoms with van der Waals surface area (Å²) in [5.74, 6) is 0.281. The van der Waals surface area contributed by atoms with Crippen LogP contribution in [0, 0.1) is 11.7 Å². The molecule has 1 aliphatic rings. The quantitative estimate of drug-likeness (QED) is 0.805. The number of carbonyl (C=O) groups excluding carboxylic acids is 1. The Balaban J connectivity index is 2.00. The first-order valence-corrected chi connectivity index (χ1v) is 7.24. The molecule has 0 aliphatic heterocycles. The van der Waals surface area contributed by atoms with Crippen molar-refractivity contribution in [2.45, 2.75) is 39.0 Å². The van der Waals surface area contributed by atoms with E-state index in [2.05, 4.69) is 0 Å². The zero-order valence-electron chi connectivity index (χ0n) is 11.6. The second kappa shape index (κ2) is 6.69. The van der Waals surface area contributed by atoms with Crippen molar-refractivity contribution in [1.29, 1.82) is 0 Å². The van der Waals surface area contributed by atoms with E-state index >= 15 is 0 Å². The van der Waals surface area contributed by atoms with E-state index in [0.29, 0.717) is 12.3 Å². The highest BCUT2D eigenvalue weighted by molar-refractivity contribution is 5.85. The molecule has 0 spiro atoms. The Morgan fingerprint density at radius 2 is 2.05 bits per heavy atom. The van der Waals surface area contributed by atoms with Crippen LogP contribution in [0.25, 0.3) is 0 Å². The van der Waals surface area contributed by atoms with Crippen molar-refractivity contribution in [3.05, 3.63) is 30.1 Å². The number of anilines is 1. The van der Waals surface area contributed by atoms with Crippen LogP contribution in [-0.2, 0) is 4.79 Å². The predicted molar refractivity (Wildman–Crippen MR) is 75.9 cm³/mol. The van der Waals surface area contributed by atoms with Gasteiger partial charge in [-0.2, -0.15) is 0 Å². The van der Waals surface area contributed by atoms with Crippen LogP contribution < -0.4 is 4.90 Å². The molecule has 1 aromatic rings. The highest BCUT2D eigenvalue weighted by atomic mass is 19.1. The van der Waals surface area contributed by atoms with Crippen molar-refractivity contribution in [3.8, 4) is 0 Å². The average molecular weight is 263 g/mol. The lowest BCUT2D eigenvalue weighted by molar-refractivity contribution is -0.122. The average Bonchev–Trinajstić information content (AvgIpc) is 2.45. The largest absolute Gasteiger partial charge is 0.364 e. The molecule has 0 amide bonds. The monoisotopic (exact) mass is 263 g/mol. The highest BCUT2D eigenvalue weighted by Crippen LogP contribution is 2.25.